The van der Waals surface area contributed by atoms with Crippen LogP contribution in [0.2, 0.25) is 0 Å². The second-order valence-corrected chi connectivity index (χ2v) is 11.5. The summed E-state index contributed by atoms with van der Waals surface area (Å²) in [6, 6.07) is 9.62. The molecule has 6 nitrogen and oxygen atoms in total. The molecular formula is C29H35N3O3. The Hall–Kier alpha value is -2.89. The number of amides is 2. The minimum Gasteiger partial charge on any atom is -0.490 e. The third-order valence-corrected chi connectivity index (χ3v) is 8.90. The van der Waals surface area contributed by atoms with Crippen LogP contribution in [0.1, 0.15) is 67.3 Å². The first-order chi connectivity index (χ1) is 17.0. The molecule has 7 rings (SSSR count). The van der Waals surface area contributed by atoms with Gasteiger partial charge in [-0.2, -0.15) is 0 Å². The zero-order chi connectivity index (χ0) is 24.0. The smallest absolute Gasteiger partial charge is 0.255 e. The van der Waals surface area contributed by atoms with Crippen LogP contribution in [-0.4, -0.2) is 40.9 Å². The zero-order valence-corrected chi connectivity index (χ0v) is 20.5. The van der Waals surface area contributed by atoms with Crippen molar-refractivity contribution >= 4 is 17.5 Å². The van der Waals surface area contributed by atoms with Gasteiger partial charge in [0.2, 0.25) is 5.91 Å². The van der Waals surface area contributed by atoms with Gasteiger partial charge in [-0.3, -0.25) is 14.6 Å². The zero-order valence-electron chi connectivity index (χ0n) is 20.5. The lowest BCUT2D eigenvalue weighted by atomic mass is 9.49. The Morgan fingerprint density at radius 3 is 2.34 bits per heavy atom. The highest BCUT2D eigenvalue weighted by atomic mass is 16.5. The summed E-state index contributed by atoms with van der Waals surface area (Å²) in [5, 5.41) is 3.27. The fraction of sp³-hybridized carbons (Fsp3) is 0.552. The van der Waals surface area contributed by atoms with Crippen LogP contribution in [0.15, 0.2) is 42.7 Å². The second-order valence-electron chi connectivity index (χ2n) is 11.5. The van der Waals surface area contributed by atoms with E-state index in [1.807, 2.05) is 36.1 Å². The molecular weight excluding hydrogens is 438 g/mol. The van der Waals surface area contributed by atoms with Gasteiger partial charge in [-0.1, -0.05) is 6.07 Å². The summed E-state index contributed by atoms with van der Waals surface area (Å²) in [6.45, 7) is 3.38. The van der Waals surface area contributed by atoms with Crippen molar-refractivity contribution in [3.63, 3.8) is 0 Å². The summed E-state index contributed by atoms with van der Waals surface area (Å²) < 4.78 is 6.39. The average molecular weight is 474 g/mol. The molecule has 1 saturated heterocycles. The molecule has 6 heteroatoms. The van der Waals surface area contributed by atoms with E-state index >= 15 is 0 Å². The summed E-state index contributed by atoms with van der Waals surface area (Å²) >= 11 is 0. The molecule has 5 fully saturated rings. The Kier molecular flexibility index (Phi) is 5.78. The quantitative estimate of drug-likeness (QED) is 0.646. The lowest BCUT2D eigenvalue weighted by Gasteiger charge is -2.55. The van der Waals surface area contributed by atoms with Crippen LogP contribution < -0.4 is 10.1 Å². The molecule has 0 radical (unpaired) electrons. The molecule has 35 heavy (non-hydrogen) atoms. The summed E-state index contributed by atoms with van der Waals surface area (Å²) in [5.41, 5.74) is 2.36. The number of nitrogens with one attached hydrogen (secondary N) is 1. The fourth-order valence-electron chi connectivity index (χ4n) is 7.49. The van der Waals surface area contributed by atoms with Crippen molar-refractivity contribution in [2.24, 2.45) is 23.2 Å². The number of anilines is 1. The number of piperidine rings is 1. The molecule has 1 aliphatic heterocycles. The van der Waals surface area contributed by atoms with Crippen LogP contribution >= 0.6 is 0 Å². The van der Waals surface area contributed by atoms with Crippen molar-refractivity contribution in [3.8, 4) is 5.75 Å². The predicted octanol–water partition coefficient (Wildman–Crippen LogP) is 5.23. The number of carbonyl (C=O) groups excluding carboxylic acids is 2. The van der Waals surface area contributed by atoms with Crippen molar-refractivity contribution in [2.75, 3.05) is 18.4 Å². The first kappa shape index (κ1) is 22.6. The molecule has 184 valence electrons. The largest absolute Gasteiger partial charge is 0.490 e. The van der Waals surface area contributed by atoms with E-state index in [9.17, 15) is 9.59 Å². The van der Waals surface area contributed by atoms with Crippen LogP contribution in [-0.2, 0) is 4.79 Å². The van der Waals surface area contributed by atoms with E-state index < -0.39 is 0 Å². The second kappa shape index (κ2) is 8.96. The Balaban J connectivity index is 1.08. The molecule has 0 spiro atoms. The number of likely N-dealkylation sites (tertiary alicyclic amines) is 1. The summed E-state index contributed by atoms with van der Waals surface area (Å²) in [5.74, 6) is 3.32. The van der Waals surface area contributed by atoms with Crippen molar-refractivity contribution in [3.05, 3.63) is 53.9 Å². The molecule has 4 aliphatic carbocycles. The van der Waals surface area contributed by atoms with Gasteiger partial charge in [-0.25, -0.2) is 0 Å². The van der Waals surface area contributed by atoms with Gasteiger partial charge in [0, 0.05) is 50.1 Å². The number of hydrogen-bond acceptors (Lipinski definition) is 4. The van der Waals surface area contributed by atoms with Crippen molar-refractivity contribution in [1.29, 1.82) is 0 Å². The number of ether oxygens (including phenoxy) is 1. The number of nitrogens with zero attached hydrogens (tertiary/aromatic N) is 2. The maximum atomic E-state index is 13.5. The molecule has 2 heterocycles. The van der Waals surface area contributed by atoms with Gasteiger partial charge in [0.05, 0.1) is 11.0 Å². The maximum absolute atomic E-state index is 13.5. The molecule has 0 atom stereocenters. The lowest BCUT2D eigenvalue weighted by Crippen LogP contribution is -2.51. The highest BCUT2D eigenvalue weighted by molar-refractivity contribution is 5.96. The number of benzene rings is 1. The monoisotopic (exact) mass is 473 g/mol. The molecule has 0 unspecified atom stereocenters. The number of rotatable bonds is 5. The van der Waals surface area contributed by atoms with E-state index in [1.54, 1.807) is 18.5 Å². The van der Waals surface area contributed by atoms with E-state index in [0.717, 1.165) is 66.9 Å². The van der Waals surface area contributed by atoms with Gasteiger partial charge in [0.25, 0.3) is 5.91 Å². The van der Waals surface area contributed by atoms with Crippen LogP contribution in [0.25, 0.3) is 0 Å². The minimum absolute atomic E-state index is 0.0297. The van der Waals surface area contributed by atoms with E-state index in [-0.39, 0.29) is 23.3 Å². The topological polar surface area (TPSA) is 71.5 Å². The molecule has 4 bridgehead atoms. The number of pyridine rings is 1. The van der Waals surface area contributed by atoms with Crippen molar-refractivity contribution in [2.45, 2.75) is 64.4 Å². The third-order valence-electron chi connectivity index (χ3n) is 8.90. The summed E-state index contributed by atoms with van der Waals surface area (Å²) in [4.78, 5) is 32.1. The standard InChI is InChI=1S/C29H35N3O3/c1-19-4-5-24(31-28(34)29-15-20-11-21(16-29)13-22(12-20)17-29)14-26(19)35-25-6-9-32(10-7-25)27(33)23-3-2-8-30-18-23/h2-5,8,14,18,20-22,25H,6-7,9-13,15-17H2,1H3,(H,31,34). The van der Waals surface area contributed by atoms with Crippen LogP contribution in [0.4, 0.5) is 5.69 Å². The fourth-order valence-corrected chi connectivity index (χ4v) is 7.49. The predicted molar refractivity (Wildman–Crippen MR) is 134 cm³/mol. The van der Waals surface area contributed by atoms with Gasteiger partial charge in [-0.05, 0) is 87.0 Å². The molecule has 1 aromatic carbocycles. The lowest BCUT2D eigenvalue weighted by molar-refractivity contribution is -0.140. The number of aryl methyl sites for hydroxylation is 1. The van der Waals surface area contributed by atoms with Gasteiger partial charge >= 0.3 is 0 Å². The van der Waals surface area contributed by atoms with Crippen LogP contribution in [0.5, 0.6) is 5.75 Å². The number of hydrogen-bond donors (Lipinski definition) is 1. The molecule has 1 aromatic heterocycles. The Bertz CT molecular complexity index is 1070. The highest BCUT2D eigenvalue weighted by Crippen LogP contribution is 2.60. The third kappa shape index (κ3) is 4.43. The van der Waals surface area contributed by atoms with E-state index in [0.29, 0.717) is 18.7 Å². The van der Waals surface area contributed by atoms with Crippen LogP contribution in [0.3, 0.4) is 0 Å². The molecule has 5 aliphatic rings. The number of aromatic nitrogens is 1. The van der Waals surface area contributed by atoms with E-state index in [2.05, 4.69) is 10.3 Å². The Labute approximate surface area is 207 Å². The molecule has 2 amide bonds. The minimum atomic E-state index is -0.158. The average Bonchev–Trinajstić information content (AvgIpc) is 2.86. The van der Waals surface area contributed by atoms with E-state index in [4.69, 9.17) is 4.74 Å². The maximum Gasteiger partial charge on any atom is 0.255 e. The van der Waals surface area contributed by atoms with Gasteiger partial charge in [0.15, 0.2) is 0 Å². The van der Waals surface area contributed by atoms with Gasteiger partial charge < -0.3 is 15.0 Å². The summed E-state index contributed by atoms with van der Waals surface area (Å²) in [7, 11) is 0. The van der Waals surface area contributed by atoms with Gasteiger partial charge in [0.1, 0.15) is 11.9 Å². The first-order valence-electron chi connectivity index (χ1n) is 13.3. The van der Waals surface area contributed by atoms with E-state index in [1.165, 1.54) is 19.3 Å². The van der Waals surface area contributed by atoms with Crippen molar-refractivity contribution in [1.82, 2.24) is 9.88 Å². The molecule has 2 aromatic rings. The van der Waals surface area contributed by atoms with Gasteiger partial charge in [-0.15, -0.1) is 0 Å². The Morgan fingerprint density at radius 1 is 1.03 bits per heavy atom. The SMILES string of the molecule is Cc1ccc(NC(=O)C23CC4CC(CC(C4)C2)C3)cc1OC1CCN(C(=O)c2cccnc2)CC1. The normalized spacial score (nSPS) is 29.7. The molecule has 4 saturated carbocycles. The van der Waals surface area contributed by atoms with Crippen molar-refractivity contribution < 1.29 is 14.3 Å². The number of carbonyl (C=O) groups is 2. The highest BCUT2D eigenvalue weighted by Gasteiger charge is 2.54. The Morgan fingerprint density at radius 2 is 1.71 bits per heavy atom. The summed E-state index contributed by atoms with van der Waals surface area (Å²) in [6.07, 6.45) is 12.1. The molecule has 1 N–H and O–H groups in total. The van der Waals surface area contributed by atoms with Crippen LogP contribution in [0, 0.1) is 30.1 Å². The first-order valence-corrected chi connectivity index (χ1v) is 13.3.